The van der Waals surface area contributed by atoms with Crippen molar-refractivity contribution in [1.82, 2.24) is 15.5 Å². The summed E-state index contributed by atoms with van der Waals surface area (Å²) >= 11 is 0. The molecule has 4 atom stereocenters. The summed E-state index contributed by atoms with van der Waals surface area (Å²) in [6, 6.07) is 13.6. The van der Waals surface area contributed by atoms with Crippen molar-refractivity contribution in [2.24, 2.45) is 0 Å². The third-order valence-corrected chi connectivity index (χ3v) is 5.89. The monoisotopic (exact) mass is 423 g/mol. The van der Waals surface area contributed by atoms with Crippen molar-refractivity contribution >= 4 is 17.7 Å². The maximum atomic E-state index is 12.9. The number of piperazine rings is 1. The van der Waals surface area contributed by atoms with E-state index >= 15 is 0 Å². The van der Waals surface area contributed by atoms with Crippen LogP contribution in [0.15, 0.2) is 54.6 Å². The Hall–Kier alpha value is -3.39. The third kappa shape index (κ3) is 4.54. The summed E-state index contributed by atoms with van der Waals surface area (Å²) in [5, 5.41) is 25.3. The number of phenolic OH excluding ortho intramolecular Hbond substituents is 1. The lowest BCUT2D eigenvalue weighted by Crippen LogP contribution is -2.67. The number of nitrogens with one attached hydrogen (secondary N) is 2. The van der Waals surface area contributed by atoms with E-state index < -0.39 is 24.1 Å². The van der Waals surface area contributed by atoms with Gasteiger partial charge in [0, 0.05) is 19.0 Å². The quantitative estimate of drug-likeness (QED) is 0.563. The molecule has 0 unspecified atom stereocenters. The smallest absolute Gasteiger partial charge is 0.253 e. The number of aliphatic hydroxyl groups excluding tert-OH is 1. The van der Waals surface area contributed by atoms with Crippen LogP contribution in [0.4, 0.5) is 0 Å². The van der Waals surface area contributed by atoms with Crippen molar-refractivity contribution in [3.05, 3.63) is 65.7 Å². The van der Waals surface area contributed by atoms with E-state index in [4.69, 9.17) is 0 Å². The van der Waals surface area contributed by atoms with Crippen LogP contribution in [0.1, 0.15) is 30.1 Å². The van der Waals surface area contributed by atoms with Crippen molar-refractivity contribution < 1.29 is 24.6 Å². The minimum absolute atomic E-state index is 0.143. The van der Waals surface area contributed by atoms with Crippen molar-refractivity contribution in [1.29, 1.82) is 0 Å². The second kappa shape index (κ2) is 8.77. The van der Waals surface area contributed by atoms with Crippen LogP contribution in [0.2, 0.25) is 0 Å². The summed E-state index contributed by atoms with van der Waals surface area (Å²) in [6.45, 7) is 0.357. The molecule has 8 nitrogen and oxygen atoms in total. The van der Waals surface area contributed by atoms with E-state index in [0.29, 0.717) is 31.4 Å². The molecule has 0 aromatic heterocycles. The van der Waals surface area contributed by atoms with Crippen LogP contribution in [0.3, 0.4) is 0 Å². The van der Waals surface area contributed by atoms with Crippen LogP contribution >= 0.6 is 0 Å². The number of aromatic hydroxyl groups is 1. The van der Waals surface area contributed by atoms with E-state index in [2.05, 4.69) is 10.6 Å². The van der Waals surface area contributed by atoms with Crippen molar-refractivity contribution in [2.45, 2.75) is 43.5 Å². The van der Waals surface area contributed by atoms with Gasteiger partial charge in [0.15, 0.2) is 6.10 Å². The molecule has 4 rings (SSSR count). The molecule has 0 saturated carbocycles. The van der Waals surface area contributed by atoms with Gasteiger partial charge >= 0.3 is 0 Å². The maximum absolute atomic E-state index is 12.9. The first-order valence-corrected chi connectivity index (χ1v) is 10.3. The lowest BCUT2D eigenvalue weighted by atomic mass is 9.91. The van der Waals surface area contributed by atoms with Gasteiger partial charge in [0.1, 0.15) is 17.8 Å². The van der Waals surface area contributed by atoms with E-state index in [0.717, 1.165) is 5.56 Å². The number of hydrogen-bond donors (Lipinski definition) is 4. The summed E-state index contributed by atoms with van der Waals surface area (Å²) in [7, 11) is 0. The van der Waals surface area contributed by atoms with E-state index in [-0.39, 0.29) is 23.6 Å². The standard InChI is InChI=1S/C23H25N3O5/c27-17-8-6-14(7-9-17)12-18-23(31)26-11-10-16(13-19(26)21(29)25-18)24-22(30)20(28)15-4-2-1-3-5-15/h1-9,16,18-20,27-28H,10-13H2,(H,24,30)(H,25,29)/t16-,18-,19+,20+/m1/s1. The van der Waals surface area contributed by atoms with Gasteiger partial charge in [-0.15, -0.1) is 0 Å². The highest BCUT2D eigenvalue weighted by molar-refractivity contribution is 5.97. The molecule has 8 heteroatoms. The third-order valence-electron chi connectivity index (χ3n) is 5.89. The average Bonchev–Trinajstić information content (AvgIpc) is 2.79. The van der Waals surface area contributed by atoms with Gasteiger partial charge in [0.05, 0.1) is 0 Å². The summed E-state index contributed by atoms with van der Waals surface area (Å²) in [5.74, 6) is -0.764. The molecule has 2 fully saturated rings. The fourth-order valence-corrected chi connectivity index (χ4v) is 4.21. The lowest BCUT2D eigenvalue weighted by molar-refractivity contribution is -0.152. The zero-order valence-electron chi connectivity index (χ0n) is 16.9. The fourth-order valence-electron chi connectivity index (χ4n) is 4.21. The van der Waals surface area contributed by atoms with Gasteiger partial charge < -0.3 is 25.7 Å². The molecule has 0 radical (unpaired) electrons. The average molecular weight is 423 g/mol. The molecule has 3 amide bonds. The summed E-state index contributed by atoms with van der Waals surface area (Å²) < 4.78 is 0. The largest absolute Gasteiger partial charge is 0.508 e. The van der Waals surface area contributed by atoms with E-state index in [1.165, 1.54) is 0 Å². The van der Waals surface area contributed by atoms with Crippen molar-refractivity contribution in [3.63, 3.8) is 0 Å². The second-order valence-electron chi connectivity index (χ2n) is 8.02. The first kappa shape index (κ1) is 20.9. The lowest BCUT2D eigenvalue weighted by Gasteiger charge is -2.44. The fraction of sp³-hybridized carbons (Fsp3) is 0.348. The van der Waals surface area contributed by atoms with Crippen LogP contribution in [0.25, 0.3) is 0 Å². The molecule has 2 aliphatic heterocycles. The van der Waals surface area contributed by atoms with Crippen molar-refractivity contribution in [2.75, 3.05) is 6.54 Å². The molecule has 2 aliphatic rings. The van der Waals surface area contributed by atoms with Gasteiger partial charge in [0.2, 0.25) is 11.8 Å². The first-order chi connectivity index (χ1) is 14.9. The number of rotatable bonds is 5. The van der Waals surface area contributed by atoms with Crippen LogP contribution < -0.4 is 10.6 Å². The van der Waals surface area contributed by atoms with Gasteiger partial charge in [-0.3, -0.25) is 14.4 Å². The SMILES string of the molecule is O=C(N[C@@H]1CCN2C(=O)[C@@H](Cc3ccc(O)cc3)NC(=O)[C@@H]2C1)[C@@H](O)c1ccccc1. The molecule has 2 saturated heterocycles. The maximum Gasteiger partial charge on any atom is 0.253 e. The number of carbonyl (C=O) groups is 3. The Labute approximate surface area is 179 Å². The van der Waals surface area contributed by atoms with Crippen LogP contribution in [0.5, 0.6) is 5.75 Å². The molecule has 162 valence electrons. The minimum Gasteiger partial charge on any atom is -0.508 e. The molecule has 2 aromatic carbocycles. The van der Waals surface area contributed by atoms with Gasteiger partial charge in [0.25, 0.3) is 5.91 Å². The molecule has 4 N–H and O–H groups in total. The first-order valence-electron chi connectivity index (χ1n) is 10.3. The molecule has 31 heavy (non-hydrogen) atoms. The Kier molecular flexibility index (Phi) is 5.90. The van der Waals surface area contributed by atoms with Gasteiger partial charge in [-0.05, 0) is 36.1 Å². The normalized spacial score (nSPS) is 24.2. The number of fused-ring (bicyclic) bond motifs is 1. The molecule has 2 heterocycles. The number of aliphatic hydroxyl groups is 1. The van der Waals surface area contributed by atoms with Crippen LogP contribution in [-0.2, 0) is 20.8 Å². The number of benzene rings is 2. The zero-order valence-corrected chi connectivity index (χ0v) is 16.9. The van der Waals surface area contributed by atoms with Crippen LogP contribution in [0, 0.1) is 0 Å². The number of amides is 3. The summed E-state index contributed by atoms with van der Waals surface area (Å²) in [4.78, 5) is 39.7. The number of carbonyl (C=O) groups excluding carboxylic acids is 3. The summed E-state index contributed by atoms with van der Waals surface area (Å²) in [6.07, 6.45) is -0.126. The van der Waals surface area contributed by atoms with E-state index in [1.807, 2.05) is 0 Å². The van der Waals surface area contributed by atoms with Gasteiger partial charge in [-0.2, -0.15) is 0 Å². The summed E-state index contributed by atoms with van der Waals surface area (Å²) in [5.41, 5.74) is 1.34. The van der Waals surface area contributed by atoms with Crippen molar-refractivity contribution in [3.8, 4) is 5.75 Å². The predicted octanol–water partition coefficient (Wildman–Crippen LogP) is 0.642. The Morgan fingerprint density at radius 1 is 1.13 bits per heavy atom. The predicted molar refractivity (Wildman–Crippen MR) is 112 cm³/mol. The number of hydrogen-bond acceptors (Lipinski definition) is 5. The molecule has 0 aliphatic carbocycles. The number of phenols is 1. The number of nitrogens with zero attached hydrogens (tertiary/aromatic N) is 1. The van der Waals surface area contributed by atoms with Crippen LogP contribution in [-0.4, -0.2) is 57.5 Å². The Morgan fingerprint density at radius 3 is 2.55 bits per heavy atom. The molecular weight excluding hydrogens is 398 g/mol. The molecule has 0 bridgehead atoms. The highest BCUT2D eigenvalue weighted by atomic mass is 16.3. The van der Waals surface area contributed by atoms with E-state index in [1.54, 1.807) is 59.5 Å². The number of piperidine rings is 1. The highest BCUT2D eigenvalue weighted by Crippen LogP contribution is 2.24. The molecular formula is C23H25N3O5. The Bertz CT molecular complexity index is 963. The Balaban J connectivity index is 1.37. The Morgan fingerprint density at radius 2 is 1.84 bits per heavy atom. The van der Waals surface area contributed by atoms with Gasteiger partial charge in [-0.25, -0.2) is 0 Å². The second-order valence-corrected chi connectivity index (χ2v) is 8.02. The van der Waals surface area contributed by atoms with Gasteiger partial charge in [-0.1, -0.05) is 42.5 Å². The molecule has 0 spiro atoms. The topological polar surface area (TPSA) is 119 Å². The highest BCUT2D eigenvalue weighted by Gasteiger charge is 2.44. The zero-order chi connectivity index (χ0) is 22.0. The minimum atomic E-state index is -1.28. The molecule has 2 aromatic rings. The van der Waals surface area contributed by atoms with E-state index in [9.17, 15) is 24.6 Å².